The van der Waals surface area contributed by atoms with Crippen molar-refractivity contribution in [3.63, 3.8) is 0 Å². The largest absolute Gasteiger partial charge is 0.489 e. The lowest BCUT2D eigenvalue weighted by molar-refractivity contribution is -0.385. The van der Waals surface area contributed by atoms with Crippen LogP contribution in [0.5, 0.6) is 5.75 Å². The van der Waals surface area contributed by atoms with Crippen LogP contribution in [0.1, 0.15) is 17.5 Å². The zero-order valence-electron chi connectivity index (χ0n) is 11.5. The molecule has 0 bridgehead atoms. The fourth-order valence-corrected chi connectivity index (χ4v) is 2.37. The molecule has 0 N–H and O–H groups in total. The van der Waals surface area contributed by atoms with E-state index in [9.17, 15) is 10.1 Å². The molecule has 0 unspecified atom stereocenters. The lowest BCUT2D eigenvalue weighted by Gasteiger charge is -2.08. The molecule has 0 aliphatic rings. The highest BCUT2D eigenvalue weighted by Crippen LogP contribution is 2.24. The molecule has 4 nitrogen and oxygen atoms in total. The minimum atomic E-state index is -0.372. The number of nitrogens with zero attached hydrogens (tertiary/aromatic N) is 1. The van der Waals surface area contributed by atoms with Gasteiger partial charge in [0.15, 0.2) is 0 Å². The Hall–Kier alpha value is -1.63. The van der Waals surface area contributed by atoms with Crippen LogP contribution in [0.15, 0.2) is 48.5 Å². The lowest BCUT2D eigenvalue weighted by atomic mass is 10.1. The Labute approximate surface area is 137 Å². The molecule has 2 aromatic carbocycles. The average molecular weight is 397 g/mol. The van der Waals surface area contributed by atoms with Gasteiger partial charge in [0.2, 0.25) is 0 Å². The highest BCUT2D eigenvalue weighted by atomic mass is 127. The third-order valence-corrected chi connectivity index (χ3v) is 3.77. The molecule has 0 atom stereocenters. The van der Waals surface area contributed by atoms with Gasteiger partial charge in [0, 0.05) is 6.07 Å². The van der Waals surface area contributed by atoms with Crippen LogP contribution in [-0.4, -0.2) is 9.35 Å². The highest BCUT2D eigenvalue weighted by Gasteiger charge is 2.10. The van der Waals surface area contributed by atoms with Gasteiger partial charge in [0.05, 0.1) is 11.0 Å². The van der Waals surface area contributed by atoms with Crippen molar-refractivity contribution in [1.29, 1.82) is 0 Å². The first-order valence-electron chi connectivity index (χ1n) is 6.70. The van der Waals surface area contributed by atoms with Gasteiger partial charge >= 0.3 is 0 Å². The molecular formula is C16H16INO3. The van der Waals surface area contributed by atoms with Crippen LogP contribution in [0.3, 0.4) is 0 Å². The Balaban J connectivity index is 2.13. The van der Waals surface area contributed by atoms with E-state index in [1.165, 1.54) is 6.07 Å². The van der Waals surface area contributed by atoms with Gasteiger partial charge in [-0.15, -0.1) is 0 Å². The van der Waals surface area contributed by atoms with Gasteiger partial charge in [-0.3, -0.25) is 10.1 Å². The molecule has 0 spiro atoms. The average Bonchev–Trinajstić information content (AvgIpc) is 2.51. The molecule has 110 valence electrons. The highest BCUT2D eigenvalue weighted by molar-refractivity contribution is 14.1. The molecular weight excluding hydrogens is 381 g/mol. The summed E-state index contributed by atoms with van der Waals surface area (Å²) in [6.45, 7) is 0.410. The smallest absolute Gasteiger partial charge is 0.273 e. The van der Waals surface area contributed by atoms with Crippen LogP contribution in [0.4, 0.5) is 5.69 Å². The fraction of sp³-hybridized carbons (Fsp3) is 0.250. The molecule has 21 heavy (non-hydrogen) atoms. The van der Waals surface area contributed by atoms with E-state index in [0.717, 1.165) is 28.4 Å². The van der Waals surface area contributed by atoms with Gasteiger partial charge in [0.25, 0.3) is 5.69 Å². The van der Waals surface area contributed by atoms with E-state index in [4.69, 9.17) is 4.74 Å². The van der Waals surface area contributed by atoms with Crippen molar-refractivity contribution in [2.75, 3.05) is 4.43 Å². The molecule has 0 amide bonds. The standard InChI is InChI=1S/C16H16INO3/c17-8-4-7-14-9-15(18(19)20)11-16(10-14)21-12-13-5-2-1-3-6-13/h1-3,5-6,9-11H,4,7-8,12H2. The number of rotatable bonds is 7. The first-order chi connectivity index (χ1) is 10.2. The molecule has 0 aliphatic heterocycles. The van der Waals surface area contributed by atoms with Crippen molar-refractivity contribution >= 4 is 28.3 Å². The first kappa shape index (κ1) is 15.8. The number of non-ortho nitro benzene ring substituents is 1. The number of hydrogen-bond acceptors (Lipinski definition) is 3. The number of benzene rings is 2. The SMILES string of the molecule is O=[N+]([O-])c1cc(CCCI)cc(OCc2ccccc2)c1. The maximum absolute atomic E-state index is 11.0. The minimum Gasteiger partial charge on any atom is -0.489 e. The summed E-state index contributed by atoms with van der Waals surface area (Å²) in [6.07, 6.45) is 1.83. The Kier molecular flexibility index (Phi) is 5.98. The molecule has 0 aromatic heterocycles. The Morgan fingerprint density at radius 2 is 1.86 bits per heavy atom. The van der Waals surface area contributed by atoms with E-state index in [0.29, 0.717) is 12.4 Å². The summed E-state index contributed by atoms with van der Waals surface area (Å²) in [5, 5.41) is 11.0. The normalized spacial score (nSPS) is 10.3. The summed E-state index contributed by atoms with van der Waals surface area (Å²) in [7, 11) is 0. The van der Waals surface area contributed by atoms with Gasteiger partial charge < -0.3 is 4.74 Å². The number of nitro benzene ring substituents is 1. The zero-order valence-corrected chi connectivity index (χ0v) is 13.7. The second kappa shape index (κ2) is 7.97. The number of alkyl halides is 1. The number of nitro groups is 1. The summed E-state index contributed by atoms with van der Waals surface area (Å²) in [6, 6.07) is 14.8. The van der Waals surface area contributed by atoms with Gasteiger partial charge in [-0.05, 0) is 34.5 Å². The number of halogens is 1. The van der Waals surface area contributed by atoms with Gasteiger partial charge in [0.1, 0.15) is 12.4 Å². The molecule has 0 radical (unpaired) electrons. The van der Waals surface area contributed by atoms with Crippen LogP contribution in [-0.2, 0) is 13.0 Å². The fourth-order valence-electron chi connectivity index (χ4n) is 1.99. The zero-order chi connectivity index (χ0) is 15.1. The maximum Gasteiger partial charge on any atom is 0.273 e. The molecule has 2 aromatic rings. The topological polar surface area (TPSA) is 52.4 Å². The van der Waals surface area contributed by atoms with Crippen LogP contribution >= 0.6 is 22.6 Å². The minimum absolute atomic E-state index is 0.0871. The van der Waals surface area contributed by atoms with Crippen molar-refractivity contribution in [3.8, 4) is 5.75 Å². The Morgan fingerprint density at radius 1 is 1.10 bits per heavy atom. The Bertz CT molecular complexity index is 602. The second-order valence-corrected chi connectivity index (χ2v) is 5.74. The first-order valence-corrected chi connectivity index (χ1v) is 8.22. The lowest BCUT2D eigenvalue weighted by Crippen LogP contribution is -1.98. The van der Waals surface area contributed by atoms with Crippen molar-refractivity contribution in [3.05, 3.63) is 69.8 Å². The summed E-state index contributed by atoms with van der Waals surface area (Å²) in [4.78, 5) is 10.6. The Morgan fingerprint density at radius 3 is 2.52 bits per heavy atom. The van der Waals surface area contributed by atoms with Gasteiger partial charge in [-0.1, -0.05) is 52.9 Å². The number of hydrogen-bond donors (Lipinski definition) is 0. The summed E-state index contributed by atoms with van der Waals surface area (Å²) >= 11 is 2.30. The van der Waals surface area contributed by atoms with Gasteiger partial charge in [-0.2, -0.15) is 0 Å². The van der Waals surface area contributed by atoms with Crippen LogP contribution in [0.25, 0.3) is 0 Å². The molecule has 0 fully saturated rings. The predicted octanol–water partition coefficient (Wildman–Crippen LogP) is 4.54. The van der Waals surface area contributed by atoms with E-state index in [2.05, 4.69) is 22.6 Å². The molecule has 0 saturated carbocycles. The van der Waals surface area contributed by atoms with Gasteiger partial charge in [-0.25, -0.2) is 0 Å². The quantitative estimate of drug-likeness (QED) is 0.298. The van der Waals surface area contributed by atoms with E-state index < -0.39 is 0 Å². The van der Waals surface area contributed by atoms with Crippen molar-refractivity contribution < 1.29 is 9.66 Å². The van der Waals surface area contributed by atoms with E-state index in [1.54, 1.807) is 6.07 Å². The van der Waals surface area contributed by atoms with Crippen LogP contribution in [0.2, 0.25) is 0 Å². The third-order valence-electron chi connectivity index (χ3n) is 3.01. The van der Waals surface area contributed by atoms with Crippen molar-refractivity contribution in [2.24, 2.45) is 0 Å². The predicted molar refractivity (Wildman–Crippen MR) is 91.1 cm³/mol. The van der Waals surface area contributed by atoms with Crippen molar-refractivity contribution in [2.45, 2.75) is 19.4 Å². The van der Waals surface area contributed by atoms with E-state index >= 15 is 0 Å². The maximum atomic E-state index is 11.0. The number of aryl methyl sites for hydroxylation is 1. The summed E-state index contributed by atoms with van der Waals surface area (Å²) in [5.41, 5.74) is 2.07. The molecule has 2 rings (SSSR count). The monoisotopic (exact) mass is 397 g/mol. The van der Waals surface area contributed by atoms with Crippen molar-refractivity contribution in [1.82, 2.24) is 0 Å². The van der Waals surface area contributed by atoms with Crippen LogP contribution in [0, 0.1) is 10.1 Å². The molecule has 5 heteroatoms. The number of ether oxygens (including phenoxy) is 1. The summed E-state index contributed by atoms with van der Waals surface area (Å²) < 4.78 is 6.73. The molecule has 0 aliphatic carbocycles. The molecule has 0 saturated heterocycles. The van der Waals surface area contributed by atoms with E-state index in [-0.39, 0.29) is 10.6 Å². The molecule has 0 heterocycles. The van der Waals surface area contributed by atoms with Crippen LogP contribution < -0.4 is 4.74 Å². The van der Waals surface area contributed by atoms with E-state index in [1.807, 2.05) is 36.4 Å². The second-order valence-electron chi connectivity index (χ2n) is 4.66. The third kappa shape index (κ3) is 5.00. The summed E-state index contributed by atoms with van der Waals surface area (Å²) in [5.74, 6) is 0.552.